The number of aryl methyl sites for hydroxylation is 1. The minimum Gasteiger partial charge on any atom is -0.344 e. The third kappa shape index (κ3) is 3.59. The van der Waals surface area contributed by atoms with E-state index in [-0.39, 0.29) is 0 Å². The van der Waals surface area contributed by atoms with E-state index in [1.807, 2.05) is 0 Å². The van der Waals surface area contributed by atoms with E-state index in [9.17, 15) is 0 Å². The monoisotopic (exact) mass is 351 g/mol. The molecule has 0 fully saturated rings. The van der Waals surface area contributed by atoms with Gasteiger partial charge in [0.05, 0.1) is 0 Å². The lowest BCUT2D eigenvalue weighted by atomic mass is 10.0. The molecule has 1 aliphatic rings. The van der Waals surface area contributed by atoms with Crippen molar-refractivity contribution in [3.8, 4) is 11.1 Å². The van der Waals surface area contributed by atoms with E-state index in [0.29, 0.717) is 5.92 Å². The fourth-order valence-corrected chi connectivity index (χ4v) is 3.67. The predicted molar refractivity (Wildman–Crippen MR) is 118 cm³/mol. The molecule has 0 saturated carbocycles. The van der Waals surface area contributed by atoms with E-state index < -0.39 is 0 Å². The lowest BCUT2D eigenvalue weighted by Crippen LogP contribution is -1.91. The van der Waals surface area contributed by atoms with Gasteiger partial charge in [-0.05, 0) is 35.6 Å². The zero-order chi connectivity index (χ0) is 18.6. The average molecular weight is 351 g/mol. The van der Waals surface area contributed by atoms with Gasteiger partial charge in [-0.2, -0.15) is 0 Å². The molecule has 0 spiro atoms. The summed E-state index contributed by atoms with van der Waals surface area (Å²) in [5.74, 6) is 0.555. The summed E-state index contributed by atoms with van der Waals surface area (Å²) in [4.78, 5) is 0. The summed E-state index contributed by atoms with van der Waals surface area (Å²) in [5.41, 5.74) is 6.27. The van der Waals surface area contributed by atoms with Crippen molar-refractivity contribution in [3.05, 3.63) is 96.2 Å². The molecule has 0 radical (unpaired) electrons. The van der Waals surface area contributed by atoms with E-state index in [1.54, 1.807) is 0 Å². The molecular formula is C26H25N. The Labute approximate surface area is 161 Å². The van der Waals surface area contributed by atoms with E-state index in [2.05, 4.69) is 116 Å². The summed E-state index contributed by atoms with van der Waals surface area (Å²) in [5, 5.41) is 1.29. The van der Waals surface area contributed by atoms with Crippen LogP contribution < -0.4 is 0 Å². The van der Waals surface area contributed by atoms with Crippen LogP contribution >= 0.6 is 0 Å². The fraction of sp³-hybridized carbons (Fsp3) is 0.154. The first-order valence-electron chi connectivity index (χ1n) is 9.60. The zero-order valence-electron chi connectivity index (χ0n) is 16.0. The molecule has 2 aromatic carbocycles. The van der Waals surface area contributed by atoms with Gasteiger partial charge in [-0.3, -0.25) is 0 Å². The van der Waals surface area contributed by atoms with Crippen molar-refractivity contribution >= 4 is 23.1 Å². The van der Waals surface area contributed by atoms with Gasteiger partial charge in [0.15, 0.2) is 0 Å². The molecule has 0 saturated heterocycles. The van der Waals surface area contributed by atoms with E-state index >= 15 is 0 Å². The second-order valence-electron chi connectivity index (χ2n) is 7.20. The number of benzene rings is 2. The average Bonchev–Trinajstić information content (AvgIpc) is 2.95. The van der Waals surface area contributed by atoms with Gasteiger partial charge < -0.3 is 4.57 Å². The van der Waals surface area contributed by atoms with Crippen LogP contribution in [0, 0.1) is 5.92 Å². The standard InChI is InChI=1S/C26H25N/c1-20-11-5-3-8-15-23-24-18-17-22(21-13-6-4-7-14-21)19-26(24)27(2)25(23)16-10-9-12-20/h3-10,12-20H,11H2,1-2H3/b5-3+,12-9-,15-8+,16-10-. The molecule has 1 unspecified atom stereocenters. The van der Waals surface area contributed by atoms with Crippen molar-refractivity contribution in [3.63, 3.8) is 0 Å². The smallest absolute Gasteiger partial charge is 0.0494 e. The molecule has 1 aliphatic carbocycles. The molecule has 0 amide bonds. The topological polar surface area (TPSA) is 4.93 Å². The van der Waals surface area contributed by atoms with Gasteiger partial charge >= 0.3 is 0 Å². The maximum Gasteiger partial charge on any atom is 0.0494 e. The molecule has 4 rings (SSSR count). The molecule has 27 heavy (non-hydrogen) atoms. The zero-order valence-corrected chi connectivity index (χ0v) is 16.0. The molecule has 1 aromatic heterocycles. The number of rotatable bonds is 1. The largest absolute Gasteiger partial charge is 0.344 e. The maximum absolute atomic E-state index is 2.30. The molecule has 0 aliphatic heterocycles. The van der Waals surface area contributed by atoms with Gasteiger partial charge in [-0.15, -0.1) is 0 Å². The number of hydrogen-bond donors (Lipinski definition) is 0. The summed E-state index contributed by atoms with van der Waals surface area (Å²) >= 11 is 0. The van der Waals surface area contributed by atoms with Crippen molar-refractivity contribution in [1.29, 1.82) is 0 Å². The lowest BCUT2D eigenvalue weighted by molar-refractivity contribution is 0.744. The van der Waals surface area contributed by atoms with Crippen LogP contribution in [0.15, 0.2) is 85.0 Å². The maximum atomic E-state index is 2.30. The van der Waals surface area contributed by atoms with Gasteiger partial charge in [0, 0.05) is 29.2 Å². The van der Waals surface area contributed by atoms with Crippen LogP contribution in [-0.2, 0) is 7.05 Å². The molecule has 0 bridgehead atoms. The SMILES string of the molecule is CC1/C=C\C=C/c2c(c3ccc(-c4ccccc4)cc3n2C)/C=C/C=C/C1. The van der Waals surface area contributed by atoms with Crippen LogP contribution in [-0.4, -0.2) is 4.57 Å². The molecule has 134 valence electrons. The van der Waals surface area contributed by atoms with Crippen molar-refractivity contribution in [2.24, 2.45) is 13.0 Å². The van der Waals surface area contributed by atoms with Crippen LogP contribution in [0.2, 0.25) is 0 Å². The number of hydrogen-bond acceptors (Lipinski definition) is 0. The quantitative estimate of drug-likeness (QED) is 0.444. The number of allylic oxidation sites excluding steroid dienone is 6. The van der Waals surface area contributed by atoms with E-state index in [4.69, 9.17) is 0 Å². The second-order valence-corrected chi connectivity index (χ2v) is 7.20. The minimum atomic E-state index is 0.555. The normalized spacial score (nSPS) is 21.6. The highest BCUT2D eigenvalue weighted by Crippen LogP contribution is 2.31. The van der Waals surface area contributed by atoms with Crippen LogP contribution in [0.4, 0.5) is 0 Å². The molecule has 1 heteroatoms. The molecular weight excluding hydrogens is 326 g/mol. The Balaban J connectivity index is 1.88. The van der Waals surface area contributed by atoms with Crippen molar-refractivity contribution < 1.29 is 0 Å². The number of fused-ring (bicyclic) bond motifs is 3. The molecule has 1 atom stereocenters. The first kappa shape index (κ1) is 17.4. The molecule has 3 aromatic rings. The van der Waals surface area contributed by atoms with E-state index in [0.717, 1.165) is 6.42 Å². The highest BCUT2D eigenvalue weighted by molar-refractivity contribution is 5.96. The second kappa shape index (κ2) is 7.67. The minimum absolute atomic E-state index is 0.555. The Kier molecular flexibility index (Phi) is 4.93. The third-order valence-electron chi connectivity index (χ3n) is 5.22. The lowest BCUT2D eigenvalue weighted by Gasteiger charge is -2.04. The van der Waals surface area contributed by atoms with Crippen molar-refractivity contribution in [1.82, 2.24) is 4.57 Å². The van der Waals surface area contributed by atoms with Gasteiger partial charge in [0.2, 0.25) is 0 Å². The Morgan fingerprint density at radius 3 is 2.52 bits per heavy atom. The first-order valence-corrected chi connectivity index (χ1v) is 9.60. The van der Waals surface area contributed by atoms with Crippen LogP contribution in [0.25, 0.3) is 34.2 Å². The third-order valence-corrected chi connectivity index (χ3v) is 5.22. The van der Waals surface area contributed by atoms with Gasteiger partial charge in [0.1, 0.15) is 0 Å². The van der Waals surface area contributed by atoms with Gasteiger partial charge in [-0.1, -0.05) is 91.9 Å². The Hall–Kier alpha value is -3.06. The van der Waals surface area contributed by atoms with Gasteiger partial charge in [-0.25, -0.2) is 0 Å². The Morgan fingerprint density at radius 1 is 0.852 bits per heavy atom. The highest BCUT2D eigenvalue weighted by atomic mass is 14.9. The van der Waals surface area contributed by atoms with Crippen molar-refractivity contribution in [2.75, 3.05) is 0 Å². The van der Waals surface area contributed by atoms with E-state index in [1.165, 1.54) is 33.3 Å². The highest BCUT2D eigenvalue weighted by Gasteiger charge is 2.12. The summed E-state index contributed by atoms with van der Waals surface area (Å²) in [7, 11) is 2.15. The molecule has 0 N–H and O–H groups in total. The molecule has 1 heterocycles. The fourth-order valence-electron chi connectivity index (χ4n) is 3.67. The summed E-state index contributed by atoms with van der Waals surface area (Å²) in [6.07, 6.45) is 18.7. The first-order chi connectivity index (χ1) is 13.2. The summed E-state index contributed by atoms with van der Waals surface area (Å²) in [6, 6.07) is 17.3. The number of nitrogens with zero attached hydrogens (tertiary/aromatic N) is 1. The van der Waals surface area contributed by atoms with Crippen LogP contribution in [0.3, 0.4) is 0 Å². The Bertz CT molecular complexity index is 1060. The Morgan fingerprint density at radius 2 is 1.67 bits per heavy atom. The number of aromatic nitrogens is 1. The van der Waals surface area contributed by atoms with Crippen molar-refractivity contribution in [2.45, 2.75) is 13.3 Å². The van der Waals surface area contributed by atoms with Crippen LogP contribution in [0.5, 0.6) is 0 Å². The summed E-state index contributed by atoms with van der Waals surface area (Å²) < 4.78 is 2.30. The van der Waals surface area contributed by atoms with Gasteiger partial charge in [0.25, 0.3) is 0 Å². The van der Waals surface area contributed by atoms with Crippen LogP contribution in [0.1, 0.15) is 24.6 Å². The summed E-state index contributed by atoms with van der Waals surface area (Å²) in [6.45, 7) is 2.25. The predicted octanol–water partition coefficient (Wildman–Crippen LogP) is 7.02. The molecule has 1 nitrogen and oxygen atoms in total.